The highest BCUT2D eigenvalue weighted by molar-refractivity contribution is 7.92. The van der Waals surface area contributed by atoms with Gasteiger partial charge in [0.2, 0.25) is 0 Å². The third-order valence-electron chi connectivity index (χ3n) is 5.39. The fourth-order valence-electron chi connectivity index (χ4n) is 3.65. The van der Waals surface area contributed by atoms with Crippen LogP contribution in [0.3, 0.4) is 0 Å². The van der Waals surface area contributed by atoms with E-state index in [2.05, 4.69) is 10.0 Å². The number of hydrogen-bond acceptors (Lipinski definition) is 4. The van der Waals surface area contributed by atoms with E-state index in [1.165, 1.54) is 18.6 Å². The van der Waals surface area contributed by atoms with Crippen LogP contribution in [0, 0.1) is 13.8 Å². The van der Waals surface area contributed by atoms with Gasteiger partial charge in [-0.05, 0) is 69.5 Å². The van der Waals surface area contributed by atoms with Gasteiger partial charge in [0.15, 0.2) is 6.10 Å². The zero-order valence-corrected chi connectivity index (χ0v) is 18.6. The van der Waals surface area contributed by atoms with Crippen LogP contribution < -0.4 is 14.8 Å². The molecule has 2 N–H and O–H groups in total. The molecule has 2 aromatic rings. The van der Waals surface area contributed by atoms with Crippen LogP contribution in [0.15, 0.2) is 47.4 Å². The van der Waals surface area contributed by atoms with Crippen LogP contribution in [-0.2, 0) is 14.8 Å². The van der Waals surface area contributed by atoms with Crippen LogP contribution in [0.5, 0.6) is 5.75 Å². The number of carbonyl (C=O) groups excluding carboxylic acids is 1. The Morgan fingerprint density at radius 2 is 1.70 bits per heavy atom. The first-order valence-corrected chi connectivity index (χ1v) is 11.9. The van der Waals surface area contributed by atoms with Gasteiger partial charge in [-0.15, -0.1) is 0 Å². The first kappa shape index (κ1) is 22.2. The smallest absolute Gasteiger partial charge is 0.261 e. The normalized spacial score (nSPS) is 16.0. The molecule has 0 aromatic heterocycles. The van der Waals surface area contributed by atoms with E-state index in [-0.39, 0.29) is 16.8 Å². The molecule has 2 aromatic carbocycles. The van der Waals surface area contributed by atoms with Crippen LogP contribution in [-0.4, -0.2) is 26.5 Å². The largest absolute Gasteiger partial charge is 0.481 e. The minimum absolute atomic E-state index is 0.133. The maximum Gasteiger partial charge on any atom is 0.261 e. The molecule has 1 aliphatic rings. The van der Waals surface area contributed by atoms with E-state index in [1.807, 2.05) is 26.0 Å². The molecule has 1 amide bonds. The van der Waals surface area contributed by atoms with Gasteiger partial charge >= 0.3 is 0 Å². The first-order chi connectivity index (χ1) is 14.2. The molecule has 0 radical (unpaired) electrons. The number of ether oxygens (including phenoxy) is 1. The number of sulfonamides is 1. The average Bonchev–Trinajstić information content (AvgIpc) is 2.71. The summed E-state index contributed by atoms with van der Waals surface area (Å²) in [6.07, 6.45) is 4.89. The third-order valence-corrected chi connectivity index (χ3v) is 6.78. The molecule has 1 saturated carbocycles. The highest BCUT2D eigenvalue weighted by Crippen LogP contribution is 2.23. The van der Waals surface area contributed by atoms with E-state index in [1.54, 1.807) is 25.1 Å². The molecule has 1 aliphatic carbocycles. The topological polar surface area (TPSA) is 84.5 Å². The molecule has 30 heavy (non-hydrogen) atoms. The summed E-state index contributed by atoms with van der Waals surface area (Å²) in [6, 6.07) is 11.9. The Morgan fingerprint density at radius 1 is 1.03 bits per heavy atom. The number of aryl methyl sites for hydroxylation is 2. The van der Waals surface area contributed by atoms with Crippen molar-refractivity contribution in [3.63, 3.8) is 0 Å². The number of rotatable bonds is 7. The Labute approximate surface area is 179 Å². The molecule has 1 atom stereocenters. The van der Waals surface area contributed by atoms with Crippen LogP contribution in [0.25, 0.3) is 0 Å². The Bertz CT molecular complexity index is 981. The van der Waals surface area contributed by atoms with E-state index < -0.39 is 16.1 Å². The second kappa shape index (κ2) is 9.51. The van der Waals surface area contributed by atoms with Crippen molar-refractivity contribution in [1.82, 2.24) is 5.32 Å². The standard InChI is InChI=1S/C23H30N2O4S/c1-16-9-14-22(17(2)15-16)25-30(27,28)21-12-10-20(11-13-21)29-18(3)23(26)24-19-7-5-4-6-8-19/h9-15,18-19,25H,4-8H2,1-3H3,(H,24,26)/t18-/m1/s1. The number of benzene rings is 2. The predicted molar refractivity (Wildman–Crippen MR) is 118 cm³/mol. The lowest BCUT2D eigenvalue weighted by molar-refractivity contribution is -0.128. The number of hydrogen-bond donors (Lipinski definition) is 2. The van der Waals surface area contributed by atoms with Crippen LogP contribution in [0.4, 0.5) is 5.69 Å². The van der Waals surface area contributed by atoms with Crippen LogP contribution >= 0.6 is 0 Å². The van der Waals surface area contributed by atoms with Gasteiger partial charge in [-0.3, -0.25) is 9.52 Å². The Hall–Kier alpha value is -2.54. The Kier molecular flexibility index (Phi) is 7.02. The summed E-state index contributed by atoms with van der Waals surface area (Å²) in [5.74, 6) is 0.307. The van der Waals surface area contributed by atoms with Crippen molar-refractivity contribution in [2.75, 3.05) is 4.72 Å². The molecule has 3 rings (SSSR count). The second-order valence-corrected chi connectivity index (χ2v) is 9.68. The van der Waals surface area contributed by atoms with E-state index in [9.17, 15) is 13.2 Å². The van der Waals surface area contributed by atoms with Gasteiger partial charge in [0, 0.05) is 6.04 Å². The fourth-order valence-corrected chi connectivity index (χ4v) is 4.78. The van der Waals surface area contributed by atoms with Crippen molar-refractivity contribution in [2.24, 2.45) is 0 Å². The molecule has 0 unspecified atom stereocenters. The molecule has 0 saturated heterocycles. The highest BCUT2D eigenvalue weighted by Gasteiger charge is 2.21. The highest BCUT2D eigenvalue weighted by atomic mass is 32.2. The zero-order chi connectivity index (χ0) is 21.7. The lowest BCUT2D eigenvalue weighted by atomic mass is 9.95. The Morgan fingerprint density at radius 3 is 2.33 bits per heavy atom. The van der Waals surface area contributed by atoms with Gasteiger partial charge in [-0.2, -0.15) is 0 Å². The van der Waals surface area contributed by atoms with Crippen molar-refractivity contribution in [2.45, 2.75) is 69.9 Å². The Balaban J connectivity index is 1.61. The van der Waals surface area contributed by atoms with Gasteiger partial charge in [-0.1, -0.05) is 37.0 Å². The van der Waals surface area contributed by atoms with Crippen molar-refractivity contribution >= 4 is 21.6 Å². The fraction of sp³-hybridized carbons (Fsp3) is 0.435. The molecule has 7 heteroatoms. The monoisotopic (exact) mass is 430 g/mol. The number of nitrogens with one attached hydrogen (secondary N) is 2. The number of carbonyl (C=O) groups is 1. The van der Waals surface area contributed by atoms with Gasteiger partial charge in [0.1, 0.15) is 5.75 Å². The quantitative estimate of drug-likeness (QED) is 0.685. The third kappa shape index (κ3) is 5.75. The molecular weight excluding hydrogens is 400 g/mol. The van der Waals surface area contributed by atoms with Gasteiger partial charge in [0.25, 0.3) is 15.9 Å². The molecule has 0 bridgehead atoms. The molecule has 162 valence electrons. The molecule has 0 aliphatic heterocycles. The first-order valence-electron chi connectivity index (χ1n) is 10.4. The number of anilines is 1. The summed E-state index contributed by atoms with van der Waals surface area (Å²) in [6.45, 7) is 5.52. The molecular formula is C23H30N2O4S. The minimum atomic E-state index is -3.71. The van der Waals surface area contributed by atoms with Crippen molar-refractivity contribution in [3.8, 4) is 5.75 Å². The van der Waals surface area contributed by atoms with E-state index in [0.717, 1.165) is 36.8 Å². The summed E-state index contributed by atoms with van der Waals surface area (Å²) in [5.41, 5.74) is 2.48. The van der Waals surface area contributed by atoms with Gasteiger partial charge in [0.05, 0.1) is 10.6 Å². The number of amides is 1. The summed E-state index contributed by atoms with van der Waals surface area (Å²) < 4.78 is 33.7. The maximum atomic E-state index is 12.7. The van der Waals surface area contributed by atoms with Crippen LogP contribution in [0.2, 0.25) is 0 Å². The van der Waals surface area contributed by atoms with E-state index >= 15 is 0 Å². The van der Waals surface area contributed by atoms with Crippen molar-refractivity contribution in [1.29, 1.82) is 0 Å². The molecule has 0 heterocycles. The summed E-state index contributed by atoms with van der Waals surface area (Å²) in [4.78, 5) is 12.5. The minimum Gasteiger partial charge on any atom is -0.481 e. The lowest BCUT2D eigenvalue weighted by Crippen LogP contribution is -2.43. The molecule has 1 fully saturated rings. The SMILES string of the molecule is Cc1ccc(NS(=O)(=O)c2ccc(O[C@H](C)C(=O)NC3CCCCC3)cc2)c(C)c1. The second-order valence-electron chi connectivity index (χ2n) is 8.00. The lowest BCUT2D eigenvalue weighted by Gasteiger charge is -2.24. The van der Waals surface area contributed by atoms with Crippen molar-refractivity contribution < 1.29 is 17.9 Å². The molecule has 0 spiro atoms. The summed E-state index contributed by atoms with van der Waals surface area (Å²) in [7, 11) is -3.71. The summed E-state index contributed by atoms with van der Waals surface area (Å²) in [5, 5.41) is 3.04. The van der Waals surface area contributed by atoms with E-state index in [0.29, 0.717) is 11.4 Å². The van der Waals surface area contributed by atoms with E-state index in [4.69, 9.17) is 4.74 Å². The van der Waals surface area contributed by atoms with Crippen molar-refractivity contribution in [3.05, 3.63) is 53.6 Å². The molecule has 6 nitrogen and oxygen atoms in total. The van der Waals surface area contributed by atoms with Gasteiger partial charge < -0.3 is 10.1 Å². The van der Waals surface area contributed by atoms with Gasteiger partial charge in [-0.25, -0.2) is 8.42 Å². The maximum absolute atomic E-state index is 12.7. The average molecular weight is 431 g/mol. The summed E-state index contributed by atoms with van der Waals surface area (Å²) >= 11 is 0. The van der Waals surface area contributed by atoms with Crippen LogP contribution in [0.1, 0.15) is 50.2 Å². The zero-order valence-electron chi connectivity index (χ0n) is 17.8. The predicted octanol–water partition coefficient (Wildman–Crippen LogP) is 4.32.